The van der Waals surface area contributed by atoms with Gasteiger partial charge in [0.2, 0.25) is 0 Å². The molecular weight excluding hydrogens is 328 g/mol. The number of fused-ring (bicyclic) bond motifs is 1. The molecule has 2 aromatic heterocycles. The lowest BCUT2D eigenvalue weighted by molar-refractivity contribution is 0.0306. The van der Waals surface area contributed by atoms with Gasteiger partial charge in [-0.3, -0.25) is 4.79 Å². The average Bonchev–Trinajstić information content (AvgIpc) is 2.93. The van der Waals surface area contributed by atoms with E-state index in [9.17, 15) is 4.79 Å². The lowest BCUT2D eigenvalue weighted by Crippen LogP contribution is -2.40. The molecule has 0 saturated carbocycles. The predicted molar refractivity (Wildman–Crippen MR) is 93.8 cm³/mol. The fraction of sp³-hybridized carbons (Fsp3) is 0.562. The fourth-order valence-corrected chi connectivity index (χ4v) is 3.94. The highest BCUT2D eigenvalue weighted by molar-refractivity contribution is 7.20. The van der Waals surface area contributed by atoms with Crippen LogP contribution in [-0.2, 0) is 9.47 Å². The molecule has 0 bridgehead atoms. The number of nitrogens with one attached hydrogen (secondary N) is 1. The molecule has 1 atom stereocenters. The number of aromatic nitrogens is 2. The Hall–Kier alpha value is -1.77. The van der Waals surface area contributed by atoms with Crippen LogP contribution in [0.5, 0.6) is 0 Å². The Morgan fingerprint density at radius 1 is 1.46 bits per heavy atom. The van der Waals surface area contributed by atoms with Crippen LogP contribution in [0.25, 0.3) is 10.2 Å². The summed E-state index contributed by atoms with van der Waals surface area (Å²) in [5, 5.41) is 4.26. The number of morpholine rings is 1. The Bertz CT molecular complexity index is 727. The molecule has 1 amide bonds. The zero-order valence-corrected chi connectivity index (χ0v) is 15.0. The Morgan fingerprint density at radius 3 is 2.92 bits per heavy atom. The number of methoxy groups -OCH3 is 1. The molecular formula is C16H22N4O3S. The van der Waals surface area contributed by atoms with E-state index in [-0.39, 0.29) is 11.9 Å². The van der Waals surface area contributed by atoms with E-state index in [0.717, 1.165) is 26.5 Å². The summed E-state index contributed by atoms with van der Waals surface area (Å²) in [7, 11) is 1.67. The normalized spacial score (nSPS) is 16.4. The first-order chi connectivity index (χ1) is 11.6. The number of hydrogen-bond acceptors (Lipinski definition) is 7. The van der Waals surface area contributed by atoms with Crippen molar-refractivity contribution < 1.29 is 14.3 Å². The molecule has 3 rings (SSSR count). The first-order valence-corrected chi connectivity index (χ1v) is 8.80. The predicted octanol–water partition coefficient (Wildman–Crippen LogP) is 1.92. The second-order valence-corrected chi connectivity index (χ2v) is 6.86. The number of aryl methyl sites for hydroxylation is 1. The van der Waals surface area contributed by atoms with Gasteiger partial charge in [-0.2, -0.15) is 0 Å². The molecule has 8 heteroatoms. The number of anilines is 1. The zero-order chi connectivity index (χ0) is 17.1. The van der Waals surface area contributed by atoms with Crippen LogP contribution in [0.15, 0.2) is 6.33 Å². The van der Waals surface area contributed by atoms with Crippen molar-refractivity contribution in [3.8, 4) is 0 Å². The summed E-state index contributed by atoms with van der Waals surface area (Å²) in [5.74, 6) is 0.800. The number of rotatable bonds is 5. The van der Waals surface area contributed by atoms with E-state index in [1.54, 1.807) is 7.11 Å². The molecule has 1 aliphatic rings. The van der Waals surface area contributed by atoms with E-state index in [4.69, 9.17) is 9.47 Å². The molecule has 1 N–H and O–H groups in total. The summed E-state index contributed by atoms with van der Waals surface area (Å²) < 4.78 is 10.5. The number of amides is 1. The largest absolute Gasteiger partial charge is 0.383 e. The maximum absolute atomic E-state index is 12.8. The van der Waals surface area contributed by atoms with Gasteiger partial charge in [-0.15, -0.1) is 11.3 Å². The number of thiophene rings is 1. The van der Waals surface area contributed by atoms with Crippen LogP contribution in [0, 0.1) is 6.92 Å². The quantitative estimate of drug-likeness (QED) is 0.888. The van der Waals surface area contributed by atoms with Gasteiger partial charge in [0.15, 0.2) is 0 Å². The smallest absolute Gasteiger partial charge is 0.264 e. The molecule has 130 valence electrons. The van der Waals surface area contributed by atoms with Gasteiger partial charge >= 0.3 is 0 Å². The number of carbonyl (C=O) groups excluding carboxylic acids is 1. The van der Waals surface area contributed by atoms with E-state index in [1.807, 2.05) is 18.7 Å². The molecule has 1 saturated heterocycles. The third-order valence-electron chi connectivity index (χ3n) is 4.02. The number of nitrogens with zero attached hydrogens (tertiary/aromatic N) is 3. The lowest BCUT2D eigenvalue weighted by atomic mass is 10.1. The van der Waals surface area contributed by atoms with E-state index in [2.05, 4.69) is 15.3 Å². The minimum atomic E-state index is 0.0506. The van der Waals surface area contributed by atoms with Gasteiger partial charge in [-0.05, 0) is 19.4 Å². The molecule has 0 unspecified atom stereocenters. The molecule has 24 heavy (non-hydrogen) atoms. The zero-order valence-electron chi connectivity index (χ0n) is 14.2. The molecule has 7 nitrogen and oxygen atoms in total. The van der Waals surface area contributed by atoms with Crippen molar-refractivity contribution in [1.29, 1.82) is 0 Å². The standard InChI is InChI=1S/C16H22N4O3S/c1-10(8-22-3)19-14-12-11(2)13(24-15(12)18-9-17-14)16(21)20-4-6-23-7-5-20/h9-10H,4-8H2,1-3H3,(H,17,18,19)/t10-/m0/s1. The van der Waals surface area contributed by atoms with Crippen LogP contribution in [0.2, 0.25) is 0 Å². The summed E-state index contributed by atoms with van der Waals surface area (Å²) in [6.07, 6.45) is 1.53. The lowest BCUT2D eigenvalue weighted by Gasteiger charge is -2.26. The minimum absolute atomic E-state index is 0.0506. The Balaban J connectivity index is 1.93. The van der Waals surface area contributed by atoms with Crippen LogP contribution in [0.4, 0.5) is 5.82 Å². The van der Waals surface area contributed by atoms with E-state index in [0.29, 0.717) is 32.9 Å². The summed E-state index contributed by atoms with van der Waals surface area (Å²) in [6, 6.07) is 0.116. The van der Waals surface area contributed by atoms with Gasteiger partial charge in [0.05, 0.1) is 30.1 Å². The highest BCUT2D eigenvalue weighted by atomic mass is 32.1. The monoisotopic (exact) mass is 350 g/mol. The molecule has 2 aromatic rings. The van der Waals surface area contributed by atoms with Crippen LogP contribution in [0.1, 0.15) is 22.2 Å². The molecule has 0 aliphatic carbocycles. The molecule has 0 spiro atoms. The molecule has 3 heterocycles. The molecule has 0 aromatic carbocycles. The minimum Gasteiger partial charge on any atom is -0.383 e. The molecule has 0 radical (unpaired) electrons. The van der Waals surface area contributed by atoms with E-state index < -0.39 is 0 Å². The maximum Gasteiger partial charge on any atom is 0.264 e. The highest BCUT2D eigenvalue weighted by Crippen LogP contribution is 2.34. The van der Waals surface area contributed by atoms with Gasteiger partial charge in [0, 0.05) is 26.2 Å². The van der Waals surface area contributed by atoms with Gasteiger partial charge < -0.3 is 19.7 Å². The van der Waals surface area contributed by atoms with Crippen molar-refractivity contribution in [3.63, 3.8) is 0 Å². The molecule has 1 aliphatic heterocycles. The van der Waals surface area contributed by atoms with Crippen molar-refractivity contribution in [1.82, 2.24) is 14.9 Å². The Morgan fingerprint density at radius 2 is 2.21 bits per heavy atom. The van der Waals surface area contributed by atoms with Gasteiger partial charge in [0.1, 0.15) is 17.0 Å². The van der Waals surface area contributed by atoms with Crippen LogP contribution in [-0.4, -0.2) is 66.8 Å². The van der Waals surface area contributed by atoms with E-state index in [1.165, 1.54) is 17.7 Å². The summed E-state index contributed by atoms with van der Waals surface area (Å²) in [6.45, 7) is 7.02. The van der Waals surface area contributed by atoms with Gasteiger partial charge in [0.25, 0.3) is 5.91 Å². The summed E-state index contributed by atoms with van der Waals surface area (Å²) in [4.78, 5) is 24.9. The summed E-state index contributed by atoms with van der Waals surface area (Å²) >= 11 is 1.43. The fourth-order valence-electron chi connectivity index (χ4n) is 2.82. The van der Waals surface area contributed by atoms with Crippen molar-refractivity contribution in [2.45, 2.75) is 19.9 Å². The number of ether oxygens (including phenoxy) is 2. The van der Waals surface area contributed by atoms with Crippen LogP contribution < -0.4 is 5.32 Å². The number of carbonyl (C=O) groups is 1. The van der Waals surface area contributed by atoms with E-state index >= 15 is 0 Å². The number of hydrogen-bond donors (Lipinski definition) is 1. The van der Waals surface area contributed by atoms with Crippen molar-refractivity contribution in [2.24, 2.45) is 0 Å². The first kappa shape index (κ1) is 17.1. The van der Waals surface area contributed by atoms with Gasteiger partial charge in [-0.1, -0.05) is 0 Å². The first-order valence-electron chi connectivity index (χ1n) is 7.98. The Kier molecular flexibility index (Phi) is 5.27. The highest BCUT2D eigenvalue weighted by Gasteiger charge is 2.25. The second-order valence-electron chi connectivity index (χ2n) is 5.86. The topological polar surface area (TPSA) is 76.6 Å². The van der Waals surface area contributed by atoms with Crippen LogP contribution >= 0.6 is 11.3 Å². The summed E-state index contributed by atoms with van der Waals surface area (Å²) in [5.41, 5.74) is 0.930. The maximum atomic E-state index is 12.8. The third kappa shape index (κ3) is 3.35. The molecule has 1 fully saturated rings. The Labute approximate surface area is 145 Å². The van der Waals surface area contributed by atoms with Crippen molar-refractivity contribution >= 4 is 33.3 Å². The van der Waals surface area contributed by atoms with Crippen LogP contribution in [0.3, 0.4) is 0 Å². The average molecular weight is 350 g/mol. The second kappa shape index (κ2) is 7.42. The van der Waals surface area contributed by atoms with Crippen molar-refractivity contribution in [3.05, 3.63) is 16.8 Å². The third-order valence-corrected chi connectivity index (χ3v) is 5.21. The van der Waals surface area contributed by atoms with Gasteiger partial charge in [-0.25, -0.2) is 9.97 Å². The van der Waals surface area contributed by atoms with Crippen molar-refractivity contribution in [2.75, 3.05) is 45.3 Å². The SMILES string of the molecule is COC[C@H](C)Nc1ncnc2sc(C(=O)N3CCOCC3)c(C)c12.